The normalized spacial score (nSPS) is 9.25. The number of carbonyl (C=O) groups excluding carboxylic acids is 1. The molecule has 1 rings (SSSR count). The average Bonchev–Trinajstić information content (AvgIpc) is 2.29. The van der Waals surface area contributed by atoms with Crippen molar-refractivity contribution in [1.29, 1.82) is 5.26 Å². The van der Waals surface area contributed by atoms with E-state index in [0.29, 0.717) is 23.6 Å². The first-order valence-corrected chi connectivity index (χ1v) is 5.29. The van der Waals surface area contributed by atoms with E-state index < -0.39 is 6.09 Å². The van der Waals surface area contributed by atoms with E-state index in [1.54, 1.807) is 24.3 Å². The van der Waals surface area contributed by atoms with E-state index in [1.165, 1.54) is 0 Å². The number of nitriles is 1. The van der Waals surface area contributed by atoms with E-state index in [-0.39, 0.29) is 6.61 Å². The molecule has 0 fully saturated rings. The summed E-state index contributed by atoms with van der Waals surface area (Å²) in [6.07, 6.45) is 0.0768. The van der Waals surface area contributed by atoms with Crippen LogP contribution in [-0.2, 0) is 4.74 Å². The Labute approximate surface area is 98.8 Å². The van der Waals surface area contributed by atoms with Gasteiger partial charge < -0.3 is 4.74 Å². The Balaban J connectivity index is 2.47. The van der Waals surface area contributed by atoms with E-state index in [9.17, 15) is 4.79 Å². The molecule has 16 heavy (non-hydrogen) atoms. The van der Waals surface area contributed by atoms with Gasteiger partial charge in [0.2, 0.25) is 0 Å². The molecule has 0 radical (unpaired) electrons. The number of ether oxygens (including phenoxy) is 1. The zero-order chi connectivity index (χ0) is 11.8. The summed E-state index contributed by atoms with van der Waals surface area (Å²) in [5.74, 6) is 0.456. The van der Waals surface area contributed by atoms with Crippen molar-refractivity contribution in [3.05, 3.63) is 29.8 Å². The topological polar surface area (TPSA) is 62.1 Å². The zero-order valence-electron chi connectivity index (χ0n) is 8.57. The molecule has 0 aliphatic rings. The number of alkyl halides is 1. The molecule has 5 heteroatoms. The number of anilines is 1. The van der Waals surface area contributed by atoms with Crippen molar-refractivity contribution in [3.8, 4) is 6.07 Å². The average molecular weight is 239 g/mol. The highest BCUT2D eigenvalue weighted by Gasteiger charge is 2.02. The smallest absolute Gasteiger partial charge is 0.411 e. The van der Waals surface area contributed by atoms with E-state index >= 15 is 0 Å². The monoisotopic (exact) mass is 238 g/mol. The van der Waals surface area contributed by atoms with E-state index in [4.69, 9.17) is 21.6 Å². The molecule has 1 aromatic carbocycles. The van der Waals surface area contributed by atoms with Gasteiger partial charge in [-0.05, 0) is 24.6 Å². The predicted octanol–water partition coefficient (Wildman–Crippen LogP) is 2.74. The molecule has 0 bridgehead atoms. The van der Waals surface area contributed by atoms with Crippen LogP contribution in [0.4, 0.5) is 10.5 Å². The quantitative estimate of drug-likeness (QED) is 0.648. The summed E-state index contributed by atoms with van der Waals surface area (Å²) in [6.45, 7) is 0.285. The van der Waals surface area contributed by atoms with Crippen LogP contribution in [0.2, 0.25) is 0 Å². The minimum atomic E-state index is -0.541. The zero-order valence-corrected chi connectivity index (χ0v) is 9.33. The van der Waals surface area contributed by atoms with Crippen LogP contribution in [0, 0.1) is 11.3 Å². The number of hydrogen-bond donors (Lipinski definition) is 1. The highest BCUT2D eigenvalue weighted by Crippen LogP contribution is 2.09. The first-order chi connectivity index (χ1) is 7.76. The highest BCUT2D eigenvalue weighted by atomic mass is 35.5. The lowest BCUT2D eigenvalue weighted by atomic mass is 10.2. The van der Waals surface area contributed by atoms with Crippen LogP contribution in [0.3, 0.4) is 0 Å². The SMILES string of the molecule is N#Cc1cccc(NC(=O)OCCCCl)c1. The molecular formula is C11H11ClN2O2. The van der Waals surface area contributed by atoms with E-state index in [0.717, 1.165) is 0 Å². The van der Waals surface area contributed by atoms with Gasteiger partial charge in [-0.15, -0.1) is 11.6 Å². The van der Waals surface area contributed by atoms with E-state index in [1.807, 2.05) is 6.07 Å². The maximum absolute atomic E-state index is 11.2. The van der Waals surface area contributed by atoms with Crippen molar-refractivity contribution in [2.45, 2.75) is 6.42 Å². The summed E-state index contributed by atoms with van der Waals surface area (Å²) in [7, 11) is 0. The maximum Gasteiger partial charge on any atom is 0.411 e. The third-order valence-electron chi connectivity index (χ3n) is 1.75. The van der Waals surface area contributed by atoms with Crippen molar-refractivity contribution in [3.63, 3.8) is 0 Å². The molecule has 0 saturated carbocycles. The van der Waals surface area contributed by atoms with Gasteiger partial charge in [-0.2, -0.15) is 5.26 Å². The van der Waals surface area contributed by atoms with Gasteiger partial charge in [0, 0.05) is 11.6 Å². The fraction of sp³-hybridized carbons (Fsp3) is 0.273. The van der Waals surface area contributed by atoms with E-state index in [2.05, 4.69) is 5.32 Å². The third-order valence-corrected chi connectivity index (χ3v) is 2.02. The fourth-order valence-corrected chi connectivity index (χ4v) is 1.15. The van der Waals surface area contributed by atoms with Gasteiger partial charge in [0.15, 0.2) is 0 Å². The second-order valence-electron chi connectivity index (χ2n) is 3.00. The van der Waals surface area contributed by atoms with Crippen LogP contribution in [0.15, 0.2) is 24.3 Å². The molecule has 0 heterocycles. The largest absolute Gasteiger partial charge is 0.449 e. The van der Waals surface area contributed by atoms with Crippen molar-refractivity contribution in [2.24, 2.45) is 0 Å². The second kappa shape index (κ2) is 6.70. The van der Waals surface area contributed by atoms with Gasteiger partial charge in [-0.25, -0.2) is 4.79 Å². The molecule has 0 spiro atoms. The van der Waals surface area contributed by atoms with Gasteiger partial charge in [0.25, 0.3) is 0 Å². The summed E-state index contributed by atoms with van der Waals surface area (Å²) in [5, 5.41) is 11.2. The Morgan fingerprint density at radius 3 is 3.06 bits per heavy atom. The molecule has 0 saturated heterocycles. The lowest BCUT2D eigenvalue weighted by Gasteiger charge is -2.06. The number of nitrogens with zero attached hydrogens (tertiary/aromatic N) is 1. The standard InChI is InChI=1S/C11H11ClN2O2/c12-5-2-6-16-11(15)14-10-4-1-3-9(7-10)8-13/h1,3-4,7H,2,5-6H2,(H,14,15). The Morgan fingerprint density at radius 1 is 1.56 bits per heavy atom. The van der Waals surface area contributed by atoms with Crippen LogP contribution in [-0.4, -0.2) is 18.6 Å². The van der Waals surface area contributed by atoms with Gasteiger partial charge in [0.05, 0.1) is 18.2 Å². The summed E-state index contributed by atoms with van der Waals surface area (Å²) < 4.78 is 4.84. The lowest BCUT2D eigenvalue weighted by molar-refractivity contribution is 0.162. The second-order valence-corrected chi connectivity index (χ2v) is 3.37. The molecule has 0 aromatic heterocycles. The molecule has 0 atom stereocenters. The Bertz CT molecular complexity index is 401. The molecule has 4 nitrogen and oxygen atoms in total. The minimum Gasteiger partial charge on any atom is -0.449 e. The van der Waals surface area contributed by atoms with Crippen LogP contribution in [0.5, 0.6) is 0 Å². The highest BCUT2D eigenvalue weighted by molar-refractivity contribution is 6.17. The summed E-state index contributed by atoms with van der Waals surface area (Å²) in [5.41, 5.74) is 1.02. The summed E-state index contributed by atoms with van der Waals surface area (Å²) in [4.78, 5) is 11.2. The van der Waals surface area contributed by atoms with Crippen LogP contribution >= 0.6 is 11.6 Å². The molecule has 1 N–H and O–H groups in total. The third kappa shape index (κ3) is 4.20. The molecule has 1 aromatic rings. The van der Waals surface area contributed by atoms with Crippen molar-refractivity contribution >= 4 is 23.4 Å². The number of nitrogens with one attached hydrogen (secondary N) is 1. The molecular weight excluding hydrogens is 228 g/mol. The predicted molar refractivity (Wildman–Crippen MR) is 61.5 cm³/mol. The summed E-state index contributed by atoms with van der Waals surface area (Å²) in [6, 6.07) is 8.58. The molecule has 0 aliphatic heterocycles. The Morgan fingerprint density at radius 2 is 2.38 bits per heavy atom. The van der Waals surface area contributed by atoms with Crippen LogP contribution in [0.1, 0.15) is 12.0 Å². The van der Waals surface area contributed by atoms with Crippen molar-refractivity contribution in [1.82, 2.24) is 0 Å². The number of rotatable bonds is 4. The molecule has 0 unspecified atom stereocenters. The van der Waals surface area contributed by atoms with Crippen LogP contribution < -0.4 is 5.32 Å². The van der Waals surface area contributed by atoms with Gasteiger partial charge >= 0.3 is 6.09 Å². The van der Waals surface area contributed by atoms with Crippen molar-refractivity contribution in [2.75, 3.05) is 17.8 Å². The number of halogens is 1. The Hall–Kier alpha value is -1.73. The number of amides is 1. The van der Waals surface area contributed by atoms with Crippen LogP contribution in [0.25, 0.3) is 0 Å². The molecule has 84 valence electrons. The number of carbonyl (C=O) groups is 1. The first kappa shape index (κ1) is 12.3. The van der Waals surface area contributed by atoms with Gasteiger partial charge in [-0.1, -0.05) is 6.07 Å². The van der Waals surface area contributed by atoms with Gasteiger partial charge in [-0.3, -0.25) is 5.32 Å². The molecule has 0 aliphatic carbocycles. The van der Waals surface area contributed by atoms with Gasteiger partial charge in [0.1, 0.15) is 0 Å². The number of benzene rings is 1. The number of hydrogen-bond acceptors (Lipinski definition) is 3. The lowest BCUT2D eigenvalue weighted by Crippen LogP contribution is -2.14. The Kier molecular flexibility index (Phi) is 5.17. The first-order valence-electron chi connectivity index (χ1n) is 4.76. The van der Waals surface area contributed by atoms with Crippen molar-refractivity contribution < 1.29 is 9.53 Å². The molecule has 1 amide bonds. The maximum atomic E-state index is 11.2. The minimum absolute atomic E-state index is 0.285. The summed E-state index contributed by atoms with van der Waals surface area (Å²) >= 11 is 5.44. The fourth-order valence-electron chi connectivity index (χ4n) is 1.04.